The van der Waals surface area contributed by atoms with Crippen molar-refractivity contribution < 1.29 is 19.1 Å². The molecule has 144 valence electrons. The Morgan fingerprint density at radius 2 is 1.78 bits per heavy atom. The molecule has 0 aliphatic heterocycles. The van der Waals surface area contributed by atoms with Crippen molar-refractivity contribution in [3.8, 4) is 5.75 Å². The second kappa shape index (κ2) is 9.41. The fourth-order valence-corrected chi connectivity index (χ4v) is 2.50. The van der Waals surface area contributed by atoms with Gasteiger partial charge < -0.3 is 14.8 Å². The van der Waals surface area contributed by atoms with Crippen molar-refractivity contribution in [2.45, 2.75) is 26.4 Å². The maximum Gasteiger partial charge on any atom is 0.412 e. The summed E-state index contributed by atoms with van der Waals surface area (Å²) in [7, 11) is 0. The van der Waals surface area contributed by atoms with Crippen LogP contribution in [0.2, 0.25) is 0 Å². The Labute approximate surface area is 167 Å². The monoisotopic (exact) mass is 434 g/mol. The molecule has 0 aliphatic carbocycles. The summed E-state index contributed by atoms with van der Waals surface area (Å²) in [4.78, 5) is 23.9. The molecule has 0 atom stereocenters. The third-order valence-electron chi connectivity index (χ3n) is 3.24. The van der Waals surface area contributed by atoms with E-state index in [-0.39, 0.29) is 5.91 Å². The molecular weight excluding hydrogens is 412 g/mol. The lowest BCUT2D eigenvalue weighted by atomic mass is 10.2. The largest absolute Gasteiger partial charge is 0.492 e. The predicted octanol–water partition coefficient (Wildman–Crippen LogP) is 4.60. The molecule has 2 amide bonds. The third kappa shape index (κ3) is 7.70. The maximum absolute atomic E-state index is 12.1. The normalized spacial score (nSPS) is 10.8. The number of nitrogens with one attached hydrogen (secondary N) is 2. The average Bonchev–Trinajstić information content (AvgIpc) is 2.57. The van der Waals surface area contributed by atoms with Crippen LogP contribution in [0.1, 0.15) is 31.1 Å². The van der Waals surface area contributed by atoms with Gasteiger partial charge in [-0.15, -0.1) is 0 Å². The first kappa shape index (κ1) is 20.8. The third-order valence-corrected chi connectivity index (χ3v) is 3.74. The Kier molecular flexibility index (Phi) is 7.24. The first-order valence-corrected chi connectivity index (χ1v) is 9.29. The van der Waals surface area contributed by atoms with E-state index in [0.29, 0.717) is 24.4 Å². The molecule has 0 aromatic heterocycles. The molecule has 7 heteroatoms. The molecule has 0 fully saturated rings. The second-order valence-corrected chi connectivity index (χ2v) is 7.68. The summed E-state index contributed by atoms with van der Waals surface area (Å²) in [5.41, 5.74) is 0.480. The highest BCUT2D eigenvalue weighted by atomic mass is 79.9. The number of carbonyl (C=O) groups excluding carboxylic acids is 2. The zero-order valence-electron chi connectivity index (χ0n) is 15.5. The molecule has 0 saturated heterocycles. The minimum atomic E-state index is -0.568. The highest BCUT2D eigenvalue weighted by molar-refractivity contribution is 9.10. The van der Waals surface area contributed by atoms with Crippen molar-refractivity contribution in [3.05, 3.63) is 58.6 Å². The molecule has 0 heterocycles. The van der Waals surface area contributed by atoms with Crippen molar-refractivity contribution in [2.24, 2.45) is 0 Å². The van der Waals surface area contributed by atoms with Crippen molar-refractivity contribution >= 4 is 33.6 Å². The molecule has 2 rings (SSSR count). The quantitative estimate of drug-likeness (QED) is 0.650. The van der Waals surface area contributed by atoms with Gasteiger partial charge in [-0.3, -0.25) is 10.1 Å². The fraction of sp³-hybridized carbons (Fsp3) is 0.300. The number of rotatable bonds is 6. The summed E-state index contributed by atoms with van der Waals surface area (Å²) >= 11 is 3.38. The number of ether oxygens (including phenoxy) is 2. The molecule has 0 saturated carbocycles. The zero-order chi connectivity index (χ0) is 19.9. The lowest BCUT2D eigenvalue weighted by Crippen LogP contribution is -2.28. The molecule has 0 unspecified atom stereocenters. The van der Waals surface area contributed by atoms with Crippen molar-refractivity contribution in [1.29, 1.82) is 0 Å². The van der Waals surface area contributed by atoms with Crippen LogP contribution in [0.15, 0.2) is 53.0 Å². The van der Waals surface area contributed by atoms with Gasteiger partial charge in [-0.05, 0) is 63.2 Å². The Bertz CT molecular complexity index is 785. The van der Waals surface area contributed by atoms with Gasteiger partial charge in [0.15, 0.2) is 0 Å². The van der Waals surface area contributed by atoms with Crippen LogP contribution >= 0.6 is 15.9 Å². The van der Waals surface area contributed by atoms with Gasteiger partial charge in [0.25, 0.3) is 5.91 Å². The summed E-state index contributed by atoms with van der Waals surface area (Å²) in [6, 6.07) is 14.1. The van der Waals surface area contributed by atoms with Crippen LogP contribution in [0.5, 0.6) is 5.75 Å². The van der Waals surface area contributed by atoms with E-state index in [9.17, 15) is 9.59 Å². The van der Waals surface area contributed by atoms with Crippen LogP contribution in [0.3, 0.4) is 0 Å². The second-order valence-electron chi connectivity index (χ2n) is 6.77. The van der Waals surface area contributed by atoms with E-state index in [2.05, 4.69) is 26.6 Å². The van der Waals surface area contributed by atoms with E-state index < -0.39 is 11.7 Å². The smallest absolute Gasteiger partial charge is 0.412 e. The Hall–Kier alpha value is -2.54. The zero-order valence-corrected chi connectivity index (χ0v) is 17.1. The summed E-state index contributed by atoms with van der Waals surface area (Å²) in [6.45, 7) is 6.12. The van der Waals surface area contributed by atoms with E-state index in [4.69, 9.17) is 9.47 Å². The van der Waals surface area contributed by atoms with Crippen molar-refractivity contribution in [1.82, 2.24) is 5.32 Å². The molecule has 27 heavy (non-hydrogen) atoms. The molecule has 0 aliphatic rings. The van der Waals surface area contributed by atoms with Gasteiger partial charge in [-0.2, -0.15) is 0 Å². The van der Waals surface area contributed by atoms with E-state index >= 15 is 0 Å². The topological polar surface area (TPSA) is 76.7 Å². The highest BCUT2D eigenvalue weighted by Crippen LogP contribution is 2.17. The summed E-state index contributed by atoms with van der Waals surface area (Å²) in [6.07, 6.45) is -0.538. The van der Waals surface area contributed by atoms with Crippen molar-refractivity contribution in [2.75, 3.05) is 18.5 Å². The molecule has 6 nitrogen and oxygen atoms in total. The van der Waals surface area contributed by atoms with Gasteiger partial charge >= 0.3 is 6.09 Å². The van der Waals surface area contributed by atoms with Crippen LogP contribution in [0.25, 0.3) is 0 Å². The highest BCUT2D eigenvalue weighted by Gasteiger charge is 2.16. The van der Waals surface area contributed by atoms with Gasteiger partial charge in [-0.1, -0.05) is 22.0 Å². The van der Waals surface area contributed by atoms with E-state index in [1.54, 1.807) is 45.0 Å². The molecule has 0 radical (unpaired) electrons. The Morgan fingerprint density at radius 3 is 2.41 bits per heavy atom. The standard InChI is InChI=1S/C20H23BrN2O4/c1-20(2,3)27-19(25)23-16-9-7-14(8-10-16)18(24)22-11-12-26-17-6-4-5-15(21)13-17/h4-10,13H,11-12H2,1-3H3,(H,22,24)(H,23,25). The summed E-state index contributed by atoms with van der Waals surface area (Å²) < 4.78 is 11.7. The number of benzene rings is 2. The van der Waals surface area contributed by atoms with Crippen molar-refractivity contribution in [3.63, 3.8) is 0 Å². The van der Waals surface area contributed by atoms with Gasteiger partial charge in [0.05, 0.1) is 6.54 Å². The first-order valence-electron chi connectivity index (χ1n) is 8.49. The minimum absolute atomic E-state index is 0.211. The number of amides is 2. The SMILES string of the molecule is CC(C)(C)OC(=O)Nc1ccc(C(=O)NCCOc2cccc(Br)c2)cc1. The minimum Gasteiger partial charge on any atom is -0.492 e. The number of carbonyl (C=O) groups is 2. The maximum atomic E-state index is 12.1. The molecule has 2 aromatic rings. The van der Waals surface area contributed by atoms with Crippen LogP contribution in [0.4, 0.5) is 10.5 Å². The van der Waals surface area contributed by atoms with E-state index in [1.807, 2.05) is 24.3 Å². The lowest BCUT2D eigenvalue weighted by molar-refractivity contribution is 0.0635. The van der Waals surface area contributed by atoms with Crippen LogP contribution in [-0.2, 0) is 4.74 Å². The van der Waals surface area contributed by atoms with E-state index in [1.165, 1.54) is 0 Å². The number of hydrogen-bond acceptors (Lipinski definition) is 4. The van der Waals surface area contributed by atoms with Crippen LogP contribution < -0.4 is 15.4 Å². The van der Waals surface area contributed by atoms with Gasteiger partial charge in [0, 0.05) is 15.7 Å². The average molecular weight is 435 g/mol. The van der Waals surface area contributed by atoms with Gasteiger partial charge in [0.2, 0.25) is 0 Å². The Morgan fingerprint density at radius 1 is 1.07 bits per heavy atom. The first-order chi connectivity index (χ1) is 12.7. The molecular formula is C20H23BrN2O4. The lowest BCUT2D eigenvalue weighted by Gasteiger charge is -2.19. The molecule has 0 bridgehead atoms. The fourth-order valence-electron chi connectivity index (χ4n) is 2.12. The molecule has 0 spiro atoms. The molecule has 2 N–H and O–H groups in total. The number of hydrogen-bond donors (Lipinski definition) is 2. The summed E-state index contributed by atoms with van der Waals surface area (Å²) in [5.74, 6) is 0.521. The van der Waals surface area contributed by atoms with Crippen LogP contribution in [-0.4, -0.2) is 30.8 Å². The Balaban J connectivity index is 1.77. The predicted molar refractivity (Wildman–Crippen MR) is 108 cm³/mol. The van der Waals surface area contributed by atoms with Gasteiger partial charge in [-0.25, -0.2) is 4.79 Å². The number of anilines is 1. The summed E-state index contributed by atoms with van der Waals surface area (Å²) in [5, 5.41) is 5.41. The number of halogens is 1. The van der Waals surface area contributed by atoms with E-state index in [0.717, 1.165) is 10.2 Å². The molecule has 2 aromatic carbocycles. The van der Waals surface area contributed by atoms with Gasteiger partial charge in [0.1, 0.15) is 18.0 Å². The van der Waals surface area contributed by atoms with Crippen LogP contribution in [0, 0.1) is 0 Å².